The highest BCUT2D eigenvalue weighted by atomic mass is 32.2. The van der Waals surface area contributed by atoms with E-state index < -0.39 is 9.84 Å². The van der Waals surface area contributed by atoms with Crippen LogP contribution in [0.1, 0.15) is 5.56 Å². The third-order valence-corrected chi connectivity index (χ3v) is 5.71. The molecular formula is C21H21N3O3S. The molecule has 2 aromatic carbocycles. The van der Waals surface area contributed by atoms with Gasteiger partial charge in [-0.1, -0.05) is 12.1 Å². The monoisotopic (exact) mass is 395 g/mol. The van der Waals surface area contributed by atoms with E-state index in [1.165, 1.54) is 6.26 Å². The van der Waals surface area contributed by atoms with Gasteiger partial charge in [0.1, 0.15) is 11.5 Å². The van der Waals surface area contributed by atoms with Gasteiger partial charge in [0.05, 0.1) is 10.6 Å². The second-order valence-corrected chi connectivity index (χ2v) is 8.87. The van der Waals surface area contributed by atoms with Crippen LogP contribution in [-0.4, -0.2) is 33.2 Å². The normalized spacial score (nSPS) is 15.9. The lowest BCUT2D eigenvalue weighted by molar-refractivity contribution is 0.480. The van der Waals surface area contributed by atoms with Crippen molar-refractivity contribution in [2.75, 3.05) is 25.6 Å². The van der Waals surface area contributed by atoms with E-state index in [9.17, 15) is 8.42 Å². The van der Waals surface area contributed by atoms with Crippen LogP contribution in [0.3, 0.4) is 0 Å². The van der Waals surface area contributed by atoms with Crippen molar-refractivity contribution in [3.63, 3.8) is 0 Å². The molecule has 6 nitrogen and oxygen atoms in total. The average molecular weight is 395 g/mol. The van der Waals surface area contributed by atoms with E-state index in [0.717, 1.165) is 23.4 Å². The first kappa shape index (κ1) is 18.2. The van der Waals surface area contributed by atoms with Gasteiger partial charge in [0.2, 0.25) is 0 Å². The molecule has 0 saturated heterocycles. The molecule has 7 heteroatoms. The summed E-state index contributed by atoms with van der Waals surface area (Å²) < 4.78 is 30.4. The van der Waals surface area contributed by atoms with E-state index in [1.807, 2.05) is 36.5 Å². The summed E-state index contributed by atoms with van der Waals surface area (Å²) in [5.41, 5.74) is 10.1. The summed E-state index contributed by atoms with van der Waals surface area (Å²) in [6, 6.07) is 12.1. The third kappa shape index (κ3) is 3.48. The number of anilines is 1. The number of benzene rings is 2. The predicted octanol–water partition coefficient (Wildman–Crippen LogP) is 3.12. The van der Waals surface area contributed by atoms with Crippen LogP contribution in [0.25, 0.3) is 5.57 Å². The molecule has 0 aliphatic carbocycles. The molecule has 0 bridgehead atoms. The Morgan fingerprint density at radius 3 is 2.68 bits per heavy atom. The smallest absolute Gasteiger partial charge is 0.175 e. The van der Waals surface area contributed by atoms with Gasteiger partial charge in [0, 0.05) is 60.7 Å². The maximum Gasteiger partial charge on any atom is 0.175 e. The minimum atomic E-state index is -3.36. The highest BCUT2D eigenvalue weighted by molar-refractivity contribution is 7.90. The number of ether oxygens (including phenoxy) is 1. The minimum absolute atomic E-state index is 0.244. The molecule has 0 fully saturated rings. The van der Waals surface area contributed by atoms with Crippen LogP contribution in [0, 0.1) is 0 Å². The van der Waals surface area contributed by atoms with Crippen molar-refractivity contribution in [3.8, 4) is 11.5 Å². The van der Waals surface area contributed by atoms with Crippen LogP contribution in [-0.2, 0) is 9.84 Å². The minimum Gasteiger partial charge on any atom is -0.457 e. The zero-order valence-electron chi connectivity index (χ0n) is 15.6. The number of nitrogens with one attached hydrogen (secondary N) is 1. The Hall–Kier alpha value is -3.19. The molecule has 28 heavy (non-hydrogen) atoms. The van der Waals surface area contributed by atoms with Gasteiger partial charge in [0.25, 0.3) is 0 Å². The van der Waals surface area contributed by atoms with Crippen LogP contribution in [0.5, 0.6) is 11.5 Å². The fourth-order valence-electron chi connectivity index (χ4n) is 3.31. The lowest BCUT2D eigenvalue weighted by Gasteiger charge is -2.24. The van der Waals surface area contributed by atoms with E-state index in [2.05, 4.69) is 11.4 Å². The maximum atomic E-state index is 12.1. The topological polar surface area (TPSA) is 84.7 Å². The summed E-state index contributed by atoms with van der Waals surface area (Å²) >= 11 is 0. The first-order chi connectivity index (χ1) is 13.3. The van der Waals surface area contributed by atoms with Gasteiger partial charge < -0.3 is 20.7 Å². The van der Waals surface area contributed by atoms with Crippen molar-refractivity contribution in [2.24, 2.45) is 0 Å². The van der Waals surface area contributed by atoms with Crippen molar-refractivity contribution in [2.45, 2.75) is 4.90 Å². The summed E-state index contributed by atoms with van der Waals surface area (Å²) in [5, 5.41) is 3.32. The Morgan fingerprint density at radius 2 is 1.93 bits per heavy atom. The Kier molecular flexibility index (Phi) is 4.39. The molecule has 3 N–H and O–H groups in total. The molecule has 2 aliphatic rings. The summed E-state index contributed by atoms with van der Waals surface area (Å²) in [6.07, 6.45) is 7.26. The van der Waals surface area contributed by atoms with E-state index in [1.54, 1.807) is 30.3 Å². The average Bonchev–Trinajstić information content (AvgIpc) is 3.09. The lowest BCUT2D eigenvalue weighted by atomic mass is 9.95. The van der Waals surface area contributed by atoms with Crippen LogP contribution in [0.2, 0.25) is 0 Å². The molecule has 0 atom stereocenters. The molecule has 2 heterocycles. The number of hydrogen-bond acceptors (Lipinski definition) is 6. The van der Waals surface area contributed by atoms with Crippen molar-refractivity contribution in [1.82, 2.24) is 10.2 Å². The Bertz CT molecular complexity index is 1150. The SMILES string of the molecule is CN1C=C2NCC=C2C(c2cc(S(C)(=O)=O)ccc2Oc2cccc(N)c2)=C1. The number of rotatable bonds is 4. The molecule has 144 valence electrons. The number of hydrogen-bond donors (Lipinski definition) is 2. The summed E-state index contributed by atoms with van der Waals surface area (Å²) in [7, 11) is -1.43. The van der Waals surface area contributed by atoms with Crippen molar-refractivity contribution < 1.29 is 13.2 Å². The lowest BCUT2D eigenvalue weighted by Crippen LogP contribution is -2.17. The predicted molar refractivity (Wildman–Crippen MR) is 110 cm³/mol. The molecular weight excluding hydrogens is 374 g/mol. The third-order valence-electron chi connectivity index (χ3n) is 4.60. The molecule has 0 aromatic heterocycles. The molecule has 0 saturated carbocycles. The molecule has 0 amide bonds. The molecule has 2 aliphatic heterocycles. The van der Waals surface area contributed by atoms with Crippen LogP contribution in [0.15, 0.2) is 77.1 Å². The molecule has 4 rings (SSSR count). The number of fused-ring (bicyclic) bond motifs is 1. The second kappa shape index (κ2) is 6.76. The van der Waals surface area contributed by atoms with Crippen LogP contribution in [0.4, 0.5) is 5.69 Å². The molecule has 0 unspecified atom stereocenters. The highest BCUT2D eigenvalue weighted by Gasteiger charge is 2.25. The summed E-state index contributed by atoms with van der Waals surface area (Å²) in [4.78, 5) is 2.19. The van der Waals surface area contributed by atoms with Crippen molar-refractivity contribution >= 4 is 21.1 Å². The Labute approximate surface area is 164 Å². The fraction of sp³-hybridized carbons (Fsp3) is 0.143. The number of nitrogens with zero attached hydrogens (tertiary/aromatic N) is 1. The zero-order chi connectivity index (χ0) is 19.9. The van der Waals surface area contributed by atoms with Crippen LogP contribution >= 0.6 is 0 Å². The van der Waals surface area contributed by atoms with Gasteiger partial charge >= 0.3 is 0 Å². The van der Waals surface area contributed by atoms with Crippen molar-refractivity contribution in [3.05, 3.63) is 77.8 Å². The number of nitrogens with two attached hydrogens (primary N) is 1. The first-order valence-electron chi connectivity index (χ1n) is 8.79. The summed E-state index contributed by atoms with van der Waals surface area (Å²) in [5.74, 6) is 1.15. The zero-order valence-corrected chi connectivity index (χ0v) is 16.5. The number of allylic oxidation sites excluding steroid dienone is 1. The van der Waals surface area contributed by atoms with Gasteiger partial charge in [-0.25, -0.2) is 8.42 Å². The van der Waals surface area contributed by atoms with Gasteiger partial charge in [-0.05, 0) is 30.3 Å². The Morgan fingerprint density at radius 1 is 1.11 bits per heavy atom. The van der Waals surface area contributed by atoms with E-state index in [4.69, 9.17) is 10.5 Å². The number of sulfone groups is 1. The Balaban J connectivity index is 1.86. The number of nitrogen functional groups attached to an aromatic ring is 1. The highest BCUT2D eigenvalue weighted by Crippen LogP contribution is 2.40. The first-order valence-corrected chi connectivity index (χ1v) is 10.7. The van der Waals surface area contributed by atoms with Gasteiger partial charge in [-0.2, -0.15) is 0 Å². The van der Waals surface area contributed by atoms with E-state index in [-0.39, 0.29) is 4.90 Å². The van der Waals surface area contributed by atoms with Gasteiger partial charge in [-0.3, -0.25) is 0 Å². The van der Waals surface area contributed by atoms with E-state index in [0.29, 0.717) is 22.7 Å². The summed E-state index contributed by atoms with van der Waals surface area (Å²) in [6.45, 7) is 0.726. The van der Waals surface area contributed by atoms with Gasteiger partial charge in [0.15, 0.2) is 9.84 Å². The largest absolute Gasteiger partial charge is 0.457 e. The quantitative estimate of drug-likeness (QED) is 0.774. The van der Waals surface area contributed by atoms with Crippen LogP contribution < -0.4 is 15.8 Å². The molecule has 0 radical (unpaired) electrons. The van der Waals surface area contributed by atoms with E-state index >= 15 is 0 Å². The fourth-order valence-corrected chi connectivity index (χ4v) is 3.96. The second-order valence-electron chi connectivity index (χ2n) is 6.85. The maximum absolute atomic E-state index is 12.1. The van der Waals surface area contributed by atoms with Gasteiger partial charge in [-0.15, -0.1) is 0 Å². The standard InChI is InChI=1S/C21H21N3O3S/c1-24-12-19(17-8-9-23-20(17)13-24)18-11-16(28(2,25)26)6-7-21(18)27-15-5-3-4-14(22)10-15/h3-8,10-13,23H,9,22H2,1-2H3. The molecule has 0 spiro atoms. The molecule has 2 aromatic rings. The van der Waals surface area contributed by atoms with Crippen molar-refractivity contribution in [1.29, 1.82) is 0 Å².